The van der Waals surface area contributed by atoms with Crippen LogP contribution < -0.4 is 21.5 Å². The highest BCUT2D eigenvalue weighted by molar-refractivity contribution is 6.26. The zero-order chi connectivity index (χ0) is 17.9. The van der Waals surface area contributed by atoms with Crippen LogP contribution in [0.1, 0.15) is 0 Å². The normalized spacial score (nSPS) is 17.1. The van der Waals surface area contributed by atoms with Gasteiger partial charge in [0.25, 0.3) is 11.8 Å². The number of phenols is 1. The Morgan fingerprint density at radius 3 is 2.38 bits per heavy atom. The number of aromatic hydroxyl groups is 1. The van der Waals surface area contributed by atoms with Gasteiger partial charge in [-0.25, -0.2) is 15.0 Å². The van der Waals surface area contributed by atoms with E-state index in [0.29, 0.717) is 10.6 Å². The molecular weight excluding hydrogens is 322 g/mol. The molecule has 0 saturated carbocycles. The second-order valence-electron chi connectivity index (χ2n) is 4.74. The number of carbonyl (C=O) groups excluding carboxylic acids is 5. The molecule has 0 spiro atoms. The van der Waals surface area contributed by atoms with E-state index in [9.17, 15) is 24.0 Å². The molecule has 5 N–H and O–H groups in total. The number of anilines is 1. The van der Waals surface area contributed by atoms with Gasteiger partial charge in [0.1, 0.15) is 5.75 Å². The van der Waals surface area contributed by atoms with Crippen molar-refractivity contribution in [2.75, 3.05) is 12.4 Å². The van der Waals surface area contributed by atoms with Gasteiger partial charge >= 0.3 is 12.1 Å². The molecule has 1 aromatic rings. The zero-order valence-corrected chi connectivity index (χ0v) is 12.3. The third-order valence-corrected chi connectivity index (χ3v) is 3.06. The SMILES string of the molecule is CN1C(=O)NC(=O)C(C(=O)NNC(=O)Nc2ccc(O)cc2)C1=O. The Kier molecular flexibility index (Phi) is 4.63. The maximum atomic E-state index is 11.9. The molecule has 126 valence electrons. The van der Waals surface area contributed by atoms with E-state index < -0.39 is 35.7 Å². The van der Waals surface area contributed by atoms with Crippen LogP contribution in [0.15, 0.2) is 24.3 Å². The topological polar surface area (TPSA) is 157 Å². The maximum Gasteiger partial charge on any atom is 0.337 e. The Hall–Kier alpha value is -3.63. The predicted octanol–water partition coefficient (Wildman–Crippen LogP) is -1.13. The molecule has 11 nitrogen and oxygen atoms in total. The number of phenolic OH excluding ortho intramolecular Hbond substituents is 1. The first-order valence-electron chi connectivity index (χ1n) is 6.58. The lowest BCUT2D eigenvalue weighted by atomic mass is 10.1. The van der Waals surface area contributed by atoms with Crippen LogP contribution in [0.25, 0.3) is 0 Å². The minimum Gasteiger partial charge on any atom is -0.508 e. The first-order chi connectivity index (χ1) is 11.3. The van der Waals surface area contributed by atoms with Crippen LogP contribution in [0, 0.1) is 5.92 Å². The second-order valence-corrected chi connectivity index (χ2v) is 4.74. The van der Waals surface area contributed by atoms with E-state index in [2.05, 4.69) is 5.32 Å². The second kappa shape index (κ2) is 6.64. The van der Waals surface area contributed by atoms with E-state index in [0.717, 1.165) is 7.05 Å². The quantitative estimate of drug-likeness (QED) is 0.261. The number of urea groups is 2. The monoisotopic (exact) mass is 335 g/mol. The van der Waals surface area contributed by atoms with Crippen molar-refractivity contribution in [2.45, 2.75) is 0 Å². The third kappa shape index (κ3) is 3.58. The van der Waals surface area contributed by atoms with Crippen molar-refractivity contribution in [1.29, 1.82) is 0 Å². The Morgan fingerprint density at radius 2 is 1.75 bits per heavy atom. The lowest BCUT2D eigenvalue weighted by molar-refractivity contribution is -0.147. The van der Waals surface area contributed by atoms with Crippen molar-refractivity contribution < 1.29 is 29.1 Å². The van der Waals surface area contributed by atoms with Gasteiger partial charge in [-0.05, 0) is 24.3 Å². The van der Waals surface area contributed by atoms with Gasteiger partial charge in [-0.1, -0.05) is 0 Å². The Balaban J connectivity index is 1.91. The lowest BCUT2D eigenvalue weighted by Crippen LogP contribution is -2.61. The van der Waals surface area contributed by atoms with Crippen LogP contribution in [0.2, 0.25) is 0 Å². The summed E-state index contributed by atoms with van der Waals surface area (Å²) >= 11 is 0. The van der Waals surface area contributed by atoms with Crippen molar-refractivity contribution in [3.8, 4) is 5.75 Å². The Bertz CT molecular complexity index is 716. The number of imide groups is 2. The highest BCUT2D eigenvalue weighted by Crippen LogP contribution is 2.13. The smallest absolute Gasteiger partial charge is 0.337 e. The summed E-state index contributed by atoms with van der Waals surface area (Å²) < 4.78 is 0. The molecule has 0 bridgehead atoms. The Labute approximate surface area is 135 Å². The van der Waals surface area contributed by atoms with Crippen molar-refractivity contribution in [2.24, 2.45) is 5.92 Å². The number of hydrogen-bond acceptors (Lipinski definition) is 6. The standard InChI is InChI=1S/C13H13N5O6/c1-18-11(22)8(9(20)15-13(18)24)10(21)16-17-12(23)14-6-2-4-7(19)5-3-6/h2-5,8,19H,1H3,(H,16,21)(H2,14,17,23)(H,15,20,24). The molecule has 7 amide bonds. The van der Waals surface area contributed by atoms with Gasteiger partial charge in [0, 0.05) is 12.7 Å². The minimum absolute atomic E-state index is 0.00903. The largest absolute Gasteiger partial charge is 0.508 e. The number of barbiturate groups is 1. The molecule has 0 aromatic heterocycles. The summed E-state index contributed by atoms with van der Waals surface area (Å²) in [5, 5.41) is 13.3. The Morgan fingerprint density at radius 1 is 1.12 bits per heavy atom. The van der Waals surface area contributed by atoms with Crippen molar-refractivity contribution in [3.05, 3.63) is 24.3 Å². The number of carbonyl (C=O) groups is 5. The van der Waals surface area contributed by atoms with Crippen molar-refractivity contribution >= 4 is 35.5 Å². The third-order valence-electron chi connectivity index (χ3n) is 3.06. The van der Waals surface area contributed by atoms with Gasteiger partial charge in [-0.3, -0.25) is 30.0 Å². The molecule has 1 aliphatic heterocycles. The summed E-state index contributed by atoms with van der Waals surface area (Å²) in [7, 11) is 1.11. The number of hydrogen-bond donors (Lipinski definition) is 5. The number of benzene rings is 1. The van der Waals surface area contributed by atoms with Crippen LogP contribution in [0.4, 0.5) is 15.3 Å². The van der Waals surface area contributed by atoms with Crippen molar-refractivity contribution in [1.82, 2.24) is 21.1 Å². The molecule has 1 aliphatic rings. The highest BCUT2D eigenvalue weighted by Gasteiger charge is 2.43. The lowest BCUT2D eigenvalue weighted by Gasteiger charge is -2.26. The van der Waals surface area contributed by atoms with Gasteiger partial charge in [-0.15, -0.1) is 0 Å². The van der Waals surface area contributed by atoms with Crippen molar-refractivity contribution in [3.63, 3.8) is 0 Å². The number of hydrazine groups is 1. The number of rotatable bonds is 2. The molecular formula is C13H13N5O6. The van der Waals surface area contributed by atoms with Gasteiger partial charge in [0.15, 0.2) is 5.92 Å². The van der Waals surface area contributed by atoms with Crippen LogP contribution >= 0.6 is 0 Å². The van der Waals surface area contributed by atoms with Gasteiger partial charge in [0.05, 0.1) is 0 Å². The van der Waals surface area contributed by atoms with E-state index in [4.69, 9.17) is 5.11 Å². The summed E-state index contributed by atoms with van der Waals surface area (Å²) in [6, 6.07) is 3.72. The molecule has 24 heavy (non-hydrogen) atoms. The van der Waals surface area contributed by atoms with E-state index >= 15 is 0 Å². The van der Waals surface area contributed by atoms with Gasteiger partial charge < -0.3 is 10.4 Å². The summed E-state index contributed by atoms with van der Waals surface area (Å²) in [4.78, 5) is 58.7. The molecule has 1 saturated heterocycles. The highest BCUT2D eigenvalue weighted by atomic mass is 16.3. The fourth-order valence-electron chi connectivity index (χ4n) is 1.80. The molecule has 1 fully saturated rings. The first-order valence-corrected chi connectivity index (χ1v) is 6.58. The van der Waals surface area contributed by atoms with Crippen LogP contribution in [-0.4, -0.2) is 46.8 Å². The molecule has 0 radical (unpaired) electrons. The summed E-state index contributed by atoms with van der Waals surface area (Å²) in [6.07, 6.45) is 0. The average Bonchev–Trinajstić information content (AvgIpc) is 2.53. The molecule has 2 rings (SSSR count). The van der Waals surface area contributed by atoms with E-state index in [1.54, 1.807) is 0 Å². The van der Waals surface area contributed by atoms with Crippen LogP contribution in [-0.2, 0) is 14.4 Å². The van der Waals surface area contributed by atoms with Crippen LogP contribution in [0.3, 0.4) is 0 Å². The number of nitrogens with one attached hydrogen (secondary N) is 4. The van der Waals surface area contributed by atoms with E-state index in [-0.39, 0.29) is 5.75 Å². The number of amides is 7. The summed E-state index contributed by atoms with van der Waals surface area (Å²) in [6.45, 7) is 0. The molecule has 11 heteroatoms. The molecule has 1 aromatic carbocycles. The molecule has 1 heterocycles. The fourth-order valence-corrected chi connectivity index (χ4v) is 1.80. The molecule has 1 unspecified atom stereocenters. The van der Waals surface area contributed by atoms with Crippen LogP contribution in [0.5, 0.6) is 5.75 Å². The van der Waals surface area contributed by atoms with E-state index in [1.165, 1.54) is 24.3 Å². The molecule has 0 aliphatic carbocycles. The molecule has 1 atom stereocenters. The van der Waals surface area contributed by atoms with Gasteiger partial charge in [-0.2, -0.15) is 0 Å². The summed E-state index contributed by atoms with van der Waals surface area (Å²) in [5.74, 6) is -4.97. The first kappa shape index (κ1) is 16.7. The average molecular weight is 335 g/mol. The zero-order valence-electron chi connectivity index (χ0n) is 12.3. The summed E-state index contributed by atoms with van der Waals surface area (Å²) in [5.41, 5.74) is 4.20. The number of nitrogens with zero attached hydrogens (tertiary/aromatic N) is 1. The minimum atomic E-state index is -1.79. The van der Waals surface area contributed by atoms with Gasteiger partial charge in [0.2, 0.25) is 5.91 Å². The fraction of sp³-hybridized carbons (Fsp3) is 0.154. The maximum absolute atomic E-state index is 11.9. The van der Waals surface area contributed by atoms with E-state index in [1.807, 2.05) is 16.2 Å². The predicted molar refractivity (Wildman–Crippen MR) is 78.2 cm³/mol.